The van der Waals surface area contributed by atoms with Crippen LogP contribution in [-0.2, 0) is 0 Å². The van der Waals surface area contributed by atoms with E-state index in [4.69, 9.17) is 0 Å². The molecule has 2 N–H and O–H groups in total. The van der Waals surface area contributed by atoms with E-state index < -0.39 is 0 Å². The predicted molar refractivity (Wildman–Crippen MR) is 83.5 cm³/mol. The summed E-state index contributed by atoms with van der Waals surface area (Å²) in [6.07, 6.45) is 11.3. The van der Waals surface area contributed by atoms with Gasteiger partial charge in [0.1, 0.15) is 0 Å². The highest BCUT2D eigenvalue weighted by Gasteiger charge is 2.35. The molecule has 0 spiro atoms. The van der Waals surface area contributed by atoms with E-state index in [1.807, 2.05) is 0 Å². The van der Waals surface area contributed by atoms with Crippen molar-refractivity contribution in [3.8, 4) is 0 Å². The lowest BCUT2D eigenvalue weighted by molar-refractivity contribution is 0.202. The van der Waals surface area contributed by atoms with Crippen LogP contribution in [0.1, 0.15) is 72.1 Å². The Labute approximate surface area is 120 Å². The second-order valence-corrected chi connectivity index (χ2v) is 7.85. The molecule has 1 aliphatic carbocycles. The Bertz CT molecular complexity index is 260. The smallest absolute Gasteiger partial charge is 0.0277 e. The van der Waals surface area contributed by atoms with Gasteiger partial charge in [-0.25, -0.2) is 0 Å². The molecule has 0 amide bonds. The first kappa shape index (κ1) is 15.3. The molecule has 1 unspecified atom stereocenters. The summed E-state index contributed by atoms with van der Waals surface area (Å²) in [6.45, 7) is 10.7. The second-order valence-electron chi connectivity index (χ2n) is 7.85. The Morgan fingerprint density at radius 2 is 1.68 bits per heavy atom. The first-order valence-corrected chi connectivity index (χ1v) is 8.49. The van der Waals surface area contributed by atoms with Crippen LogP contribution in [0.25, 0.3) is 0 Å². The molecule has 2 nitrogen and oxygen atoms in total. The molecule has 0 bridgehead atoms. The van der Waals surface area contributed by atoms with Crippen molar-refractivity contribution >= 4 is 0 Å². The monoisotopic (exact) mass is 266 g/mol. The fourth-order valence-electron chi connectivity index (χ4n) is 4.32. The number of nitrogens with one attached hydrogen (secondary N) is 2. The molecule has 2 heteroatoms. The molecule has 2 rings (SSSR count). The van der Waals surface area contributed by atoms with Crippen LogP contribution in [0.3, 0.4) is 0 Å². The van der Waals surface area contributed by atoms with Gasteiger partial charge in [0.25, 0.3) is 0 Å². The zero-order valence-corrected chi connectivity index (χ0v) is 13.4. The summed E-state index contributed by atoms with van der Waals surface area (Å²) in [4.78, 5) is 0. The van der Waals surface area contributed by atoms with Gasteiger partial charge in [-0.15, -0.1) is 0 Å². The van der Waals surface area contributed by atoms with Crippen molar-refractivity contribution in [2.45, 2.75) is 77.7 Å². The lowest BCUT2D eigenvalue weighted by Gasteiger charge is -2.38. The fourth-order valence-corrected chi connectivity index (χ4v) is 4.32. The SMILES string of the molecule is CC(C)CC1(CNCC2(C)CCCCN2)CCCC1. The van der Waals surface area contributed by atoms with E-state index >= 15 is 0 Å². The minimum absolute atomic E-state index is 0.343. The van der Waals surface area contributed by atoms with Gasteiger partial charge < -0.3 is 10.6 Å². The van der Waals surface area contributed by atoms with Crippen molar-refractivity contribution in [2.24, 2.45) is 11.3 Å². The average molecular weight is 266 g/mol. The van der Waals surface area contributed by atoms with Crippen LogP contribution >= 0.6 is 0 Å². The normalized spacial score (nSPS) is 30.9. The molecule has 1 aliphatic heterocycles. The maximum absolute atomic E-state index is 3.82. The molecule has 2 fully saturated rings. The van der Waals surface area contributed by atoms with E-state index in [0.29, 0.717) is 11.0 Å². The molecule has 2 aliphatic rings. The van der Waals surface area contributed by atoms with Crippen LogP contribution in [0.4, 0.5) is 0 Å². The molecule has 0 aromatic rings. The molecule has 0 aromatic heterocycles. The zero-order valence-electron chi connectivity index (χ0n) is 13.4. The van der Waals surface area contributed by atoms with Gasteiger partial charge in [-0.05, 0) is 56.9 Å². The third kappa shape index (κ3) is 4.46. The van der Waals surface area contributed by atoms with Gasteiger partial charge in [0.05, 0.1) is 0 Å². The number of hydrogen-bond acceptors (Lipinski definition) is 2. The minimum Gasteiger partial charge on any atom is -0.314 e. The topological polar surface area (TPSA) is 24.1 Å². The Balaban J connectivity index is 1.79. The van der Waals surface area contributed by atoms with E-state index in [9.17, 15) is 0 Å². The zero-order chi connectivity index (χ0) is 13.8. The molecule has 1 saturated carbocycles. The van der Waals surface area contributed by atoms with E-state index in [0.717, 1.165) is 12.5 Å². The summed E-state index contributed by atoms with van der Waals surface area (Å²) in [6, 6.07) is 0. The fraction of sp³-hybridized carbons (Fsp3) is 1.00. The summed E-state index contributed by atoms with van der Waals surface area (Å²) >= 11 is 0. The Morgan fingerprint density at radius 3 is 2.26 bits per heavy atom. The van der Waals surface area contributed by atoms with Gasteiger partial charge in [0.15, 0.2) is 0 Å². The van der Waals surface area contributed by atoms with Gasteiger partial charge in [0.2, 0.25) is 0 Å². The second kappa shape index (κ2) is 6.58. The van der Waals surface area contributed by atoms with Crippen molar-refractivity contribution < 1.29 is 0 Å². The summed E-state index contributed by atoms with van der Waals surface area (Å²) < 4.78 is 0. The Morgan fingerprint density at radius 1 is 1.00 bits per heavy atom. The van der Waals surface area contributed by atoms with E-state index in [1.54, 1.807) is 0 Å². The number of rotatable bonds is 6. The van der Waals surface area contributed by atoms with Crippen molar-refractivity contribution in [3.63, 3.8) is 0 Å². The lowest BCUT2D eigenvalue weighted by atomic mass is 9.78. The van der Waals surface area contributed by atoms with E-state index in [1.165, 1.54) is 64.5 Å². The molecule has 1 saturated heterocycles. The molecular formula is C17H34N2. The van der Waals surface area contributed by atoms with Crippen LogP contribution in [0.15, 0.2) is 0 Å². The van der Waals surface area contributed by atoms with Crippen molar-refractivity contribution in [1.82, 2.24) is 10.6 Å². The quantitative estimate of drug-likeness (QED) is 0.766. The van der Waals surface area contributed by atoms with Crippen molar-refractivity contribution in [3.05, 3.63) is 0 Å². The summed E-state index contributed by atoms with van der Waals surface area (Å²) in [5.74, 6) is 0.836. The van der Waals surface area contributed by atoms with Gasteiger partial charge in [0, 0.05) is 18.6 Å². The van der Waals surface area contributed by atoms with Gasteiger partial charge >= 0.3 is 0 Å². The van der Waals surface area contributed by atoms with Crippen molar-refractivity contribution in [1.29, 1.82) is 0 Å². The lowest BCUT2D eigenvalue weighted by Crippen LogP contribution is -2.53. The van der Waals surface area contributed by atoms with Crippen molar-refractivity contribution in [2.75, 3.05) is 19.6 Å². The highest BCUT2D eigenvalue weighted by atomic mass is 15.0. The number of piperidine rings is 1. The number of hydrogen-bond donors (Lipinski definition) is 2. The Kier molecular flexibility index (Phi) is 5.30. The first-order chi connectivity index (χ1) is 9.04. The van der Waals surface area contributed by atoms with E-state index in [-0.39, 0.29) is 0 Å². The molecule has 19 heavy (non-hydrogen) atoms. The maximum atomic E-state index is 3.82. The first-order valence-electron chi connectivity index (χ1n) is 8.49. The summed E-state index contributed by atoms with van der Waals surface area (Å²) in [7, 11) is 0. The standard InChI is InChI=1S/C17H34N2/c1-15(2)12-17(9-4-5-10-17)14-18-13-16(3)8-6-7-11-19-16/h15,18-19H,4-14H2,1-3H3. The average Bonchev–Trinajstić information content (AvgIpc) is 2.77. The van der Waals surface area contributed by atoms with Crippen LogP contribution < -0.4 is 10.6 Å². The van der Waals surface area contributed by atoms with Gasteiger partial charge in [-0.2, -0.15) is 0 Å². The molecular weight excluding hydrogens is 232 g/mol. The van der Waals surface area contributed by atoms with Crippen LogP contribution in [0, 0.1) is 11.3 Å². The summed E-state index contributed by atoms with van der Waals surface area (Å²) in [5.41, 5.74) is 0.953. The molecule has 1 heterocycles. The van der Waals surface area contributed by atoms with Crippen LogP contribution in [0.5, 0.6) is 0 Å². The molecule has 112 valence electrons. The third-order valence-corrected chi connectivity index (χ3v) is 5.23. The van der Waals surface area contributed by atoms with Crippen LogP contribution in [0.2, 0.25) is 0 Å². The maximum Gasteiger partial charge on any atom is 0.0277 e. The third-order valence-electron chi connectivity index (χ3n) is 5.23. The minimum atomic E-state index is 0.343. The van der Waals surface area contributed by atoms with Crippen LogP contribution in [-0.4, -0.2) is 25.2 Å². The van der Waals surface area contributed by atoms with Gasteiger partial charge in [-0.1, -0.05) is 33.1 Å². The van der Waals surface area contributed by atoms with Gasteiger partial charge in [-0.3, -0.25) is 0 Å². The predicted octanol–water partition coefficient (Wildman–Crippen LogP) is 3.71. The highest BCUT2D eigenvalue weighted by Crippen LogP contribution is 2.42. The largest absolute Gasteiger partial charge is 0.314 e. The molecule has 0 radical (unpaired) electrons. The van der Waals surface area contributed by atoms with E-state index in [2.05, 4.69) is 31.4 Å². The highest BCUT2D eigenvalue weighted by molar-refractivity contribution is 4.92. The Hall–Kier alpha value is -0.0800. The molecule has 1 atom stereocenters. The molecule has 0 aromatic carbocycles. The summed E-state index contributed by atoms with van der Waals surface area (Å²) in [5, 5.41) is 7.53.